The molecule has 4 aliphatic carbocycles. The van der Waals surface area contributed by atoms with E-state index in [9.17, 15) is 0 Å². The Labute approximate surface area is 200 Å². The van der Waals surface area contributed by atoms with Crippen LogP contribution >= 0.6 is 0 Å². The van der Waals surface area contributed by atoms with Gasteiger partial charge in [-0.25, -0.2) is 0 Å². The minimum absolute atomic E-state index is 0.714. The molecule has 32 heavy (non-hydrogen) atoms. The molecular formula is C31H32Zr. The Morgan fingerprint density at radius 1 is 0.562 bits per heavy atom. The van der Waals surface area contributed by atoms with Gasteiger partial charge in [0.05, 0.1) is 0 Å². The second kappa shape index (κ2) is 9.19. The van der Waals surface area contributed by atoms with Gasteiger partial charge in [0.1, 0.15) is 0 Å². The van der Waals surface area contributed by atoms with Crippen molar-refractivity contribution in [3.8, 4) is 0 Å². The van der Waals surface area contributed by atoms with Crippen LogP contribution in [0.4, 0.5) is 0 Å². The van der Waals surface area contributed by atoms with E-state index in [1.807, 2.05) is 11.1 Å². The van der Waals surface area contributed by atoms with Gasteiger partial charge in [0, 0.05) is 0 Å². The predicted molar refractivity (Wildman–Crippen MR) is 133 cm³/mol. The Hall–Kier alpha value is -1.85. The number of rotatable bonds is 4. The molecule has 0 radical (unpaired) electrons. The third-order valence-corrected chi connectivity index (χ3v) is 16.7. The van der Waals surface area contributed by atoms with E-state index >= 15 is 0 Å². The van der Waals surface area contributed by atoms with E-state index in [1.165, 1.54) is 62.5 Å². The van der Waals surface area contributed by atoms with Crippen molar-refractivity contribution in [3.05, 3.63) is 118 Å². The molecule has 4 aliphatic rings. The molecular weight excluding hydrogens is 464 g/mol. The molecule has 0 saturated carbocycles. The van der Waals surface area contributed by atoms with Crippen LogP contribution in [0.5, 0.6) is 0 Å². The topological polar surface area (TPSA) is 0 Å². The van der Waals surface area contributed by atoms with Gasteiger partial charge in [-0.15, -0.1) is 0 Å². The van der Waals surface area contributed by atoms with E-state index in [0.717, 1.165) is 0 Å². The number of allylic oxidation sites excluding steroid dienone is 8. The zero-order chi connectivity index (χ0) is 21.3. The molecule has 2 atom stereocenters. The summed E-state index contributed by atoms with van der Waals surface area (Å²) in [4.78, 5) is 0. The van der Waals surface area contributed by atoms with Crippen LogP contribution < -0.4 is 0 Å². The molecule has 0 amide bonds. The summed E-state index contributed by atoms with van der Waals surface area (Å²) in [5.74, 6) is 0. The second-order valence-corrected chi connectivity index (χ2v) is 16.3. The quantitative estimate of drug-likeness (QED) is 0.400. The summed E-state index contributed by atoms with van der Waals surface area (Å²) in [6.45, 7) is 0. The average Bonchev–Trinajstić information content (AvgIpc) is 3.48. The van der Waals surface area contributed by atoms with Gasteiger partial charge in [0.15, 0.2) is 0 Å². The minimum atomic E-state index is -2.27. The SMILES string of the molecule is C1=C[CH]([Zr](=[C](c2ccccc2)c2ccccc2)[CH]2C=CC3=C2CCCC3)C2=C1CCCC2. The van der Waals surface area contributed by atoms with Crippen molar-refractivity contribution in [1.82, 2.24) is 0 Å². The number of hydrogen-bond donors (Lipinski definition) is 0. The summed E-state index contributed by atoms with van der Waals surface area (Å²) in [6, 6.07) is 22.8. The summed E-state index contributed by atoms with van der Waals surface area (Å²) < 4.78 is 3.16. The molecule has 0 nitrogen and oxygen atoms in total. The van der Waals surface area contributed by atoms with E-state index in [2.05, 4.69) is 85.0 Å². The van der Waals surface area contributed by atoms with Crippen molar-refractivity contribution in [3.63, 3.8) is 0 Å². The van der Waals surface area contributed by atoms with Crippen LogP contribution in [0.2, 0.25) is 7.25 Å². The Kier molecular flexibility index (Phi) is 5.95. The van der Waals surface area contributed by atoms with Crippen molar-refractivity contribution in [2.75, 3.05) is 0 Å². The van der Waals surface area contributed by atoms with E-state index in [0.29, 0.717) is 7.25 Å². The summed E-state index contributed by atoms with van der Waals surface area (Å²) >= 11 is -2.27. The van der Waals surface area contributed by atoms with Crippen LogP contribution in [0, 0.1) is 0 Å². The van der Waals surface area contributed by atoms with Gasteiger partial charge in [0.2, 0.25) is 0 Å². The summed E-state index contributed by atoms with van der Waals surface area (Å²) in [6.07, 6.45) is 21.2. The molecule has 0 fully saturated rings. The second-order valence-electron chi connectivity index (χ2n) is 9.75. The van der Waals surface area contributed by atoms with Gasteiger partial charge < -0.3 is 0 Å². The molecule has 1 heteroatoms. The van der Waals surface area contributed by atoms with Crippen molar-refractivity contribution < 1.29 is 21.3 Å². The normalized spacial score (nSPS) is 24.0. The fraction of sp³-hybridized carbons (Fsp3) is 0.323. The van der Waals surface area contributed by atoms with Gasteiger partial charge in [-0.05, 0) is 0 Å². The Morgan fingerprint density at radius 2 is 1.00 bits per heavy atom. The van der Waals surface area contributed by atoms with E-state index < -0.39 is 21.3 Å². The van der Waals surface area contributed by atoms with Crippen molar-refractivity contribution in [2.24, 2.45) is 0 Å². The fourth-order valence-electron chi connectivity index (χ4n) is 6.45. The monoisotopic (exact) mass is 494 g/mol. The zero-order valence-corrected chi connectivity index (χ0v) is 21.4. The molecule has 2 aromatic rings. The maximum absolute atomic E-state index is 2.66. The first-order chi connectivity index (χ1) is 15.9. The molecule has 160 valence electrons. The van der Waals surface area contributed by atoms with Crippen molar-refractivity contribution in [2.45, 2.75) is 58.6 Å². The predicted octanol–water partition coefficient (Wildman–Crippen LogP) is 8.33. The first kappa shape index (κ1) is 20.7. The third kappa shape index (κ3) is 3.77. The van der Waals surface area contributed by atoms with Crippen LogP contribution in [-0.4, -0.2) is 3.21 Å². The summed E-state index contributed by atoms with van der Waals surface area (Å²) in [5.41, 5.74) is 10.00. The molecule has 0 aromatic heterocycles. The molecule has 0 spiro atoms. The van der Waals surface area contributed by atoms with Gasteiger partial charge >= 0.3 is 201 Å². The van der Waals surface area contributed by atoms with E-state index in [1.54, 1.807) is 14.4 Å². The fourth-order valence-corrected chi connectivity index (χ4v) is 16.3. The van der Waals surface area contributed by atoms with Crippen LogP contribution in [0.15, 0.2) is 107 Å². The molecule has 2 unspecified atom stereocenters. The zero-order valence-electron chi connectivity index (χ0n) is 18.9. The van der Waals surface area contributed by atoms with Gasteiger partial charge in [0.25, 0.3) is 0 Å². The van der Waals surface area contributed by atoms with Crippen molar-refractivity contribution in [1.29, 1.82) is 0 Å². The molecule has 0 bridgehead atoms. The van der Waals surface area contributed by atoms with Crippen LogP contribution in [0.25, 0.3) is 0 Å². The molecule has 0 heterocycles. The van der Waals surface area contributed by atoms with Gasteiger partial charge in [-0.1, -0.05) is 0 Å². The Bertz CT molecular complexity index is 1070. The molecule has 2 aromatic carbocycles. The standard InChI is InChI=1S/C13H10.2C9H11.Zr/c1-3-7-12(8-4-1)11-13-9-5-2-6-10-13;2*1-2-5-9-7-3-6-8(9)4-1;/h1-10H;2*3,6-7H,1-2,4-5H2;. The van der Waals surface area contributed by atoms with Gasteiger partial charge in [-0.2, -0.15) is 0 Å². The van der Waals surface area contributed by atoms with Crippen LogP contribution in [-0.2, 0) is 21.3 Å². The summed E-state index contributed by atoms with van der Waals surface area (Å²) in [7, 11) is 0. The first-order valence-electron chi connectivity index (χ1n) is 12.6. The molecule has 0 saturated heterocycles. The van der Waals surface area contributed by atoms with Crippen molar-refractivity contribution >= 4 is 3.21 Å². The number of hydrogen-bond acceptors (Lipinski definition) is 0. The van der Waals surface area contributed by atoms with E-state index in [-0.39, 0.29) is 0 Å². The maximum atomic E-state index is 2.66. The molecule has 0 N–H and O–H groups in total. The summed E-state index contributed by atoms with van der Waals surface area (Å²) in [5, 5.41) is 0. The van der Waals surface area contributed by atoms with Gasteiger partial charge in [-0.3, -0.25) is 0 Å². The number of benzene rings is 2. The average molecular weight is 496 g/mol. The van der Waals surface area contributed by atoms with Crippen LogP contribution in [0.1, 0.15) is 62.5 Å². The third-order valence-electron chi connectivity index (χ3n) is 7.92. The van der Waals surface area contributed by atoms with Crippen LogP contribution in [0.3, 0.4) is 0 Å². The molecule has 6 rings (SSSR count). The molecule has 0 aliphatic heterocycles. The van der Waals surface area contributed by atoms with E-state index in [4.69, 9.17) is 0 Å². The first-order valence-corrected chi connectivity index (χ1v) is 16.6. The Morgan fingerprint density at radius 3 is 1.47 bits per heavy atom. The Balaban J connectivity index is 1.61.